The zero-order valence-corrected chi connectivity index (χ0v) is 17.8. The van der Waals surface area contributed by atoms with E-state index in [0.717, 1.165) is 11.3 Å². The first-order chi connectivity index (χ1) is 14.8. The molecule has 0 radical (unpaired) electrons. The van der Waals surface area contributed by atoms with E-state index in [1.54, 1.807) is 11.8 Å². The van der Waals surface area contributed by atoms with Crippen LogP contribution in [0.3, 0.4) is 0 Å². The van der Waals surface area contributed by atoms with E-state index in [-0.39, 0.29) is 17.6 Å². The van der Waals surface area contributed by atoms with E-state index in [9.17, 15) is 22.2 Å². The highest BCUT2D eigenvalue weighted by Crippen LogP contribution is 2.27. The second-order valence-corrected chi connectivity index (χ2v) is 7.98. The molecule has 1 atom stereocenters. The minimum atomic E-state index is -4.77. The molecule has 0 aliphatic carbocycles. The molecule has 1 unspecified atom stereocenters. The minimum Gasteiger partial charge on any atom is -0.445 e. The summed E-state index contributed by atoms with van der Waals surface area (Å²) in [4.78, 5) is 15.5. The van der Waals surface area contributed by atoms with Gasteiger partial charge in [0, 0.05) is 36.8 Å². The number of hydrogen-bond acceptors (Lipinski definition) is 4. The Morgan fingerprint density at radius 2 is 1.61 bits per heavy atom. The van der Waals surface area contributed by atoms with Crippen LogP contribution in [0.15, 0.2) is 59.5 Å². The van der Waals surface area contributed by atoms with Gasteiger partial charge in [0.15, 0.2) is 10.8 Å². The van der Waals surface area contributed by atoms with Gasteiger partial charge in [-0.25, -0.2) is 9.00 Å². The predicted octanol–water partition coefficient (Wildman–Crippen LogP) is 4.41. The third kappa shape index (κ3) is 7.33. The molecule has 2 aromatic carbocycles. The molecular formula is C22H23F3N2O3S. The van der Waals surface area contributed by atoms with Crippen molar-refractivity contribution in [1.82, 2.24) is 4.90 Å². The Morgan fingerprint density at radius 1 is 1.06 bits per heavy atom. The Labute approximate surface area is 182 Å². The zero-order valence-electron chi connectivity index (χ0n) is 17.0. The van der Waals surface area contributed by atoms with Gasteiger partial charge >= 0.3 is 11.6 Å². The van der Waals surface area contributed by atoms with Crippen LogP contribution in [0.4, 0.5) is 23.7 Å². The average molecular weight is 452 g/mol. The van der Waals surface area contributed by atoms with E-state index >= 15 is 0 Å². The number of carbonyl (C=O) groups is 1. The van der Waals surface area contributed by atoms with Crippen molar-refractivity contribution in [2.75, 3.05) is 31.1 Å². The van der Waals surface area contributed by atoms with Crippen LogP contribution < -0.4 is 4.90 Å². The molecule has 0 N–H and O–H groups in total. The van der Waals surface area contributed by atoms with Crippen molar-refractivity contribution in [2.45, 2.75) is 23.9 Å². The van der Waals surface area contributed by atoms with Gasteiger partial charge in [-0.3, -0.25) is 0 Å². The van der Waals surface area contributed by atoms with Gasteiger partial charge in [-0.05, 0) is 36.8 Å². The van der Waals surface area contributed by atoms with Gasteiger partial charge in [0.05, 0.1) is 0 Å². The fourth-order valence-electron chi connectivity index (χ4n) is 2.87. The molecule has 9 heteroatoms. The molecule has 1 heterocycles. The van der Waals surface area contributed by atoms with Gasteiger partial charge in [-0.15, -0.1) is 12.3 Å². The van der Waals surface area contributed by atoms with E-state index in [1.807, 2.05) is 35.2 Å². The molecule has 1 saturated heterocycles. The molecule has 1 aliphatic rings. The monoisotopic (exact) mass is 452 g/mol. The minimum absolute atomic E-state index is 0.206. The maximum atomic E-state index is 12.5. The predicted molar refractivity (Wildman–Crippen MR) is 114 cm³/mol. The Bertz CT molecular complexity index is 904. The largest absolute Gasteiger partial charge is 0.475 e. The van der Waals surface area contributed by atoms with Gasteiger partial charge in [-0.1, -0.05) is 30.3 Å². The number of carbonyl (C=O) groups excluding carboxylic acids is 1. The lowest BCUT2D eigenvalue weighted by Crippen LogP contribution is -2.48. The molecule has 2 aromatic rings. The molecular weight excluding hydrogens is 429 g/mol. The number of terminal acetylenes is 1. The summed E-state index contributed by atoms with van der Waals surface area (Å²) in [6.07, 6.45) is 4.21. The summed E-state index contributed by atoms with van der Waals surface area (Å²) < 4.78 is 54.2. The number of halogens is 3. The van der Waals surface area contributed by atoms with Crippen LogP contribution in [-0.2, 0) is 22.1 Å². The molecule has 0 spiro atoms. The number of piperazine rings is 1. The highest BCUT2D eigenvalue weighted by atomic mass is 32.2. The van der Waals surface area contributed by atoms with Crippen LogP contribution in [0.5, 0.6) is 0 Å². The number of ether oxygens (including phenoxy) is 1. The molecule has 0 saturated carbocycles. The lowest BCUT2D eigenvalue weighted by molar-refractivity contribution is -0.0384. The summed E-state index contributed by atoms with van der Waals surface area (Å²) in [5, 5.41) is 0. The molecule has 0 bridgehead atoms. The van der Waals surface area contributed by atoms with Gasteiger partial charge in [-0.2, -0.15) is 13.2 Å². The Hall–Kier alpha value is -2.99. The zero-order chi connectivity index (χ0) is 22.9. The SMILES string of the molecule is C#CC.O=C(OCc1ccccc1)N1CCN(c2ccc(S(=O)C(F)(F)F)cc2)CC1. The molecule has 166 valence electrons. The Balaban J connectivity index is 0.00000107. The smallest absolute Gasteiger partial charge is 0.445 e. The van der Waals surface area contributed by atoms with Crippen LogP contribution in [0.2, 0.25) is 0 Å². The van der Waals surface area contributed by atoms with Gasteiger partial charge < -0.3 is 14.5 Å². The molecule has 1 aliphatic heterocycles. The molecule has 31 heavy (non-hydrogen) atoms. The quantitative estimate of drug-likeness (QED) is 0.645. The first-order valence-electron chi connectivity index (χ1n) is 9.43. The highest BCUT2D eigenvalue weighted by Gasteiger charge is 2.38. The third-order valence-corrected chi connectivity index (χ3v) is 5.49. The topological polar surface area (TPSA) is 49.9 Å². The van der Waals surface area contributed by atoms with Crippen molar-refractivity contribution in [3.05, 3.63) is 60.2 Å². The normalized spacial score (nSPS) is 14.7. The molecule has 5 nitrogen and oxygen atoms in total. The molecule has 1 fully saturated rings. The summed E-state index contributed by atoms with van der Waals surface area (Å²) in [5.41, 5.74) is -3.14. The maximum Gasteiger partial charge on any atom is 0.475 e. The second kappa shape index (κ2) is 11.4. The fourth-order valence-corrected chi connectivity index (χ4v) is 3.52. The van der Waals surface area contributed by atoms with Gasteiger partial charge in [0.25, 0.3) is 0 Å². The summed E-state index contributed by atoms with van der Waals surface area (Å²) in [6.45, 7) is 3.82. The van der Waals surface area contributed by atoms with E-state index in [2.05, 4.69) is 12.3 Å². The van der Waals surface area contributed by atoms with Crippen molar-refractivity contribution >= 4 is 22.6 Å². The van der Waals surface area contributed by atoms with Crippen molar-refractivity contribution in [1.29, 1.82) is 0 Å². The van der Waals surface area contributed by atoms with Crippen LogP contribution >= 0.6 is 0 Å². The Morgan fingerprint density at radius 3 is 2.13 bits per heavy atom. The fraction of sp³-hybridized carbons (Fsp3) is 0.318. The van der Waals surface area contributed by atoms with Crippen LogP contribution in [-0.4, -0.2) is 46.9 Å². The van der Waals surface area contributed by atoms with Crippen molar-refractivity contribution < 1.29 is 26.9 Å². The van der Waals surface area contributed by atoms with Crippen molar-refractivity contribution in [3.8, 4) is 12.3 Å². The lowest BCUT2D eigenvalue weighted by atomic mass is 10.2. The van der Waals surface area contributed by atoms with E-state index in [0.29, 0.717) is 26.2 Å². The first-order valence-corrected chi connectivity index (χ1v) is 10.6. The standard InChI is InChI=1S/C19H19F3N2O3S.C3H4/c20-19(21,22)28(26)17-8-6-16(7-9-17)23-10-12-24(13-11-23)18(25)27-14-15-4-2-1-3-5-15;1-3-2/h1-9H,10-14H2;1H,2H3. The molecule has 3 rings (SSSR count). The van der Waals surface area contributed by atoms with Gasteiger partial charge in [0.2, 0.25) is 0 Å². The van der Waals surface area contributed by atoms with Gasteiger partial charge in [0.1, 0.15) is 6.61 Å². The lowest BCUT2D eigenvalue weighted by Gasteiger charge is -2.35. The number of benzene rings is 2. The van der Waals surface area contributed by atoms with Crippen LogP contribution in [0.25, 0.3) is 0 Å². The third-order valence-electron chi connectivity index (χ3n) is 4.37. The first kappa shape index (κ1) is 24.3. The van der Waals surface area contributed by atoms with Crippen LogP contribution in [0, 0.1) is 12.3 Å². The Kier molecular flexibility index (Phi) is 8.94. The number of alkyl halides is 3. The summed E-state index contributed by atoms with van der Waals surface area (Å²) in [7, 11) is -3.03. The second-order valence-electron chi connectivity index (χ2n) is 6.51. The number of rotatable bonds is 4. The van der Waals surface area contributed by atoms with Crippen molar-refractivity contribution in [3.63, 3.8) is 0 Å². The van der Waals surface area contributed by atoms with Crippen molar-refractivity contribution in [2.24, 2.45) is 0 Å². The summed E-state index contributed by atoms with van der Waals surface area (Å²) >= 11 is 0. The number of anilines is 1. The number of nitrogens with zero attached hydrogens (tertiary/aromatic N) is 2. The summed E-state index contributed by atoms with van der Waals surface area (Å²) in [5.74, 6) is 2.25. The number of amides is 1. The average Bonchev–Trinajstić information content (AvgIpc) is 2.78. The van der Waals surface area contributed by atoms with E-state index in [4.69, 9.17) is 4.74 Å². The van der Waals surface area contributed by atoms with E-state index < -0.39 is 16.3 Å². The molecule has 0 aromatic heterocycles. The van der Waals surface area contributed by atoms with E-state index in [1.165, 1.54) is 24.3 Å². The summed E-state index contributed by atoms with van der Waals surface area (Å²) in [6, 6.07) is 14.9. The van der Waals surface area contributed by atoms with Crippen LogP contribution in [0.1, 0.15) is 12.5 Å². The maximum absolute atomic E-state index is 12.5. The number of hydrogen-bond donors (Lipinski definition) is 0. The molecule has 1 amide bonds. The highest BCUT2D eigenvalue weighted by molar-refractivity contribution is 7.86.